The summed E-state index contributed by atoms with van der Waals surface area (Å²) in [6.45, 7) is 0.837. The zero-order chi connectivity index (χ0) is 16.9. The molecular weight excluding hydrogens is 424 g/mol. The van der Waals surface area contributed by atoms with Crippen molar-refractivity contribution in [2.75, 3.05) is 12.0 Å². The predicted molar refractivity (Wildman–Crippen MR) is 110 cm³/mol. The van der Waals surface area contributed by atoms with Crippen molar-refractivity contribution in [3.63, 3.8) is 0 Å². The smallest absolute Gasteiger partial charge is 0.272 e. The van der Waals surface area contributed by atoms with E-state index in [1.807, 2.05) is 29.7 Å². The molecule has 124 valence electrons. The number of halogens is 1. The minimum Gasteiger partial charge on any atom is -0.316 e. The maximum atomic E-state index is 12.2. The van der Waals surface area contributed by atoms with E-state index >= 15 is 0 Å². The Morgan fingerprint density at radius 2 is 2.29 bits per heavy atom. The van der Waals surface area contributed by atoms with Gasteiger partial charge in [0.1, 0.15) is 0 Å². The molecule has 0 N–H and O–H groups in total. The van der Waals surface area contributed by atoms with Crippen molar-refractivity contribution in [2.24, 2.45) is 4.99 Å². The number of carbonyl (C=O) groups is 1. The summed E-state index contributed by atoms with van der Waals surface area (Å²) < 4.78 is 4.28. The van der Waals surface area contributed by atoms with Crippen LogP contribution in [0.1, 0.15) is 4.88 Å². The van der Waals surface area contributed by atoms with Gasteiger partial charge < -0.3 is 4.57 Å². The largest absolute Gasteiger partial charge is 0.316 e. The molecule has 2 heterocycles. The van der Waals surface area contributed by atoms with Gasteiger partial charge in [-0.25, -0.2) is 0 Å². The third-order valence-electron chi connectivity index (χ3n) is 3.30. The fourth-order valence-corrected chi connectivity index (χ4v) is 4.80. The van der Waals surface area contributed by atoms with E-state index < -0.39 is 0 Å². The van der Waals surface area contributed by atoms with Crippen LogP contribution in [0.4, 0.5) is 0 Å². The molecule has 0 fully saturated rings. The summed E-state index contributed by atoms with van der Waals surface area (Å²) in [4.78, 5) is 18.3. The molecular formula is C17H15BrN2OS3. The zero-order valence-corrected chi connectivity index (χ0v) is 17.0. The van der Waals surface area contributed by atoms with Gasteiger partial charge in [0, 0.05) is 27.7 Å². The predicted octanol–water partition coefficient (Wildman–Crippen LogP) is 5.03. The number of thioether (sulfide) groups is 1. The monoisotopic (exact) mass is 438 g/mol. The van der Waals surface area contributed by atoms with Crippen LogP contribution in [0.5, 0.6) is 0 Å². The lowest BCUT2D eigenvalue weighted by molar-refractivity contribution is -0.113. The number of fused-ring (bicyclic) bond motifs is 1. The molecule has 24 heavy (non-hydrogen) atoms. The highest BCUT2D eigenvalue weighted by molar-refractivity contribution is 9.10. The molecule has 3 aromatic rings. The van der Waals surface area contributed by atoms with Gasteiger partial charge in [0.2, 0.25) is 0 Å². The Bertz CT molecular complexity index is 939. The number of amides is 1. The zero-order valence-electron chi connectivity index (χ0n) is 12.9. The van der Waals surface area contributed by atoms with Gasteiger partial charge in [0.15, 0.2) is 4.80 Å². The number of thiazole rings is 1. The standard InChI is InChI=1S/C17H15BrN2OS3/c1-22-10-8-20-14-6-4-12(18)11-15(14)24-17(20)19-16(21)7-5-13-3-2-9-23-13/h2-7,9,11H,8,10H2,1H3. The van der Waals surface area contributed by atoms with Crippen molar-refractivity contribution in [2.45, 2.75) is 6.54 Å². The Morgan fingerprint density at radius 1 is 1.42 bits per heavy atom. The van der Waals surface area contributed by atoms with E-state index in [1.54, 1.807) is 34.4 Å². The first kappa shape index (κ1) is 17.7. The maximum Gasteiger partial charge on any atom is 0.272 e. The molecule has 7 heteroatoms. The molecule has 0 aliphatic rings. The van der Waals surface area contributed by atoms with Crippen LogP contribution in [0.15, 0.2) is 51.3 Å². The second-order valence-electron chi connectivity index (χ2n) is 4.94. The van der Waals surface area contributed by atoms with Crippen LogP contribution in [0.2, 0.25) is 0 Å². The number of hydrogen-bond acceptors (Lipinski definition) is 4. The quantitative estimate of drug-likeness (QED) is 0.523. The first-order valence-electron chi connectivity index (χ1n) is 7.25. The fourth-order valence-electron chi connectivity index (χ4n) is 2.20. The molecule has 2 aromatic heterocycles. The minimum atomic E-state index is -0.230. The number of hydrogen-bond donors (Lipinski definition) is 0. The summed E-state index contributed by atoms with van der Waals surface area (Å²) >= 11 is 8.43. The van der Waals surface area contributed by atoms with Crippen molar-refractivity contribution in [1.29, 1.82) is 0 Å². The number of aryl methyl sites for hydroxylation is 1. The van der Waals surface area contributed by atoms with Crippen LogP contribution in [0.25, 0.3) is 16.3 Å². The van der Waals surface area contributed by atoms with Gasteiger partial charge in [0.05, 0.1) is 10.2 Å². The third-order valence-corrected chi connectivity index (χ3v) is 6.27. The van der Waals surface area contributed by atoms with Gasteiger partial charge in [-0.05, 0) is 42.0 Å². The molecule has 0 bridgehead atoms. The molecule has 0 unspecified atom stereocenters. The van der Waals surface area contributed by atoms with E-state index in [-0.39, 0.29) is 5.91 Å². The van der Waals surface area contributed by atoms with Crippen LogP contribution in [0.3, 0.4) is 0 Å². The van der Waals surface area contributed by atoms with Crippen molar-refractivity contribution in [1.82, 2.24) is 4.57 Å². The van der Waals surface area contributed by atoms with E-state index in [4.69, 9.17) is 0 Å². The molecule has 3 nitrogen and oxygen atoms in total. The van der Waals surface area contributed by atoms with Crippen molar-refractivity contribution in [3.8, 4) is 0 Å². The molecule has 0 aliphatic heterocycles. The van der Waals surface area contributed by atoms with Gasteiger partial charge in [0.25, 0.3) is 5.91 Å². The topological polar surface area (TPSA) is 34.4 Å². The molecule has 0 saturated heterocycles. The Balaban J connectivity index is 1.98. The van der Waals surface area contributed by atoms with Crippen molar-refractivity contribution < 1.29 is 4.79 Å². The molecule has 0 radical (unpaired) electrons. The second kappa shape index (κ2) is 8.29. The summed E-state index contributed by atoms with van der Waals surface area (Å²) in [6, 6.07) is 10.1. The number of rotatable bonds is 5. The number of nitrogens with zero attached hydrogens (tertiary/aromatic N) is 2. The SMILES string of the molecule is CSCCn1c(=NC(=O)C=Cc2cccs2)sc2cc(Br)ccc21. The first-order valence-corrected chi connectivity index (χ1v) is 11.1. The Hall–Kier alpha value is -1.15. The molecule has 1 aromatic carbocycles. The molecule has 3 rings (SSSR count). The van der Waals surface area contributed by atoms with E-state index in [9.17, 15) is 4.79 Å². The summed E-state index contributed by atoms with van der Waals surface area (Å²) in [5, 5.41) is 1.99. The molecule has 1 amide bonds. The number of benzene rings is 1. The number of carbonyl (C=O) groups excluding carboxylic acids is 1. The van der Waals surface area contributed by atoms with E-state index in [2.05, 4.69) is 43.9 Å². The third kappa shape index (κ3) is 4.27. The average molecular weight is 439 g/mol. The van der Waals surface area contributed by atoms with Gasteiger partial charge in [-0.2, -0.15) is 16.8 Å². The van der Waals surface area contributed by atoms with Crippen molar-refractivity contribution in [3.05, 3.63) is 55.9 Å². The summed E-state index contributed by atoms with van der Waals surface area (Å²) in [5.41, 5.74) is 1.12. The number of aromatic nitrogens is 1. The highest BCUT2D eigenvalue weighted by atomic mass is 79.9. The summed E-state index contributed by atoms with van der Waals surface area (Å²) in [7, 11) is 0. The Morgan fingerprint density at radius 3 is 3.04 bits per heavy atom. The van der Waals surface area contributed by atoms with Gasteiger partial charge in [-0.15, -0.1) is 11.3 Å². The van der Waals surface area contributed by atoms with E-state index in [1.165, 1.54) is 6.08 Å². The second-order valence-corrected chi connectivity index (χ2v) is 8.83. The van der Waals surface area contributed by atoms with Gasteiger partial charge in [-0.3, -0.25) is 4.79 Å². The van der Waals surface area contributed by atoms with E-state index in [0.29, 0.717) is 0 Å². The molecule has 0 aliphatic carbocycles. The lowest BCUT2D eigenvalue weighted by Gasteiger charge is -2.03. The van der Waals surface area contributed by atoms with Gasteiger partial charge in [-0.1, -0.05) is 33.3 Å². The van der Waals surface area contributed by atoms with Gasteiger partial charge >= 0.3 is 0 Å². The highest BCUT2D eigenvalue weighted by Gasteiger charge is 2.07. The van der Waals surface area contributed by atoms with E-state index in [0.717, 1.165) is 36.7 Å². The Kier molecular flexibility index (Phi) is 6.10. The fraction of sp³-hybridized carbons (Fsp3) is 0.176. The highest BCUT2D eigenvalue weighted by Crippen LogP contribution is 2.22. The normalized spacial score (nSPS) is 12.5. The van der Waals surface area contributed by atoms with Crippen LogP contribution >= 0.6 is 50.4 Å². The lowest BCUT2D eigenvalue weighted by atomic mass is 10.3. The van der Waals surface area contributed by atoms with Crippen LogP contribution in [-0.4, -0.2) is 22.5 Å². The molecule has 0 atom stereocenters. The van der Waals surface area contributed by atoms with Crippen LogP contribution in [-0.2, 0) is 11.3 Å². The minimum absolute atomic E-state index is 0.230. The lowest BCUT2D eigenvalue weighted by Crippen LogP contribution is -2.17. The summed E-state index contributed by atoms with van der Waals surface area (Å²) in [6.07, 6.45) is 5.43. The van der Waals surface area contributed by atoms with Crippen LogP contribution in [0, 0.1) is 0 Å². The average Bonchev–Trinajstić information content (AvgIpc) is 3.18. The van der Waals surface area contributed by atoms with Crippen LogP contribution < -0.4 is 4.80 Å². The maximum absolute atomic E-state index is 12.2. The summed E-state index contributed by atoms with van der Waals surface area (Å²) in [5.74, 6) is 0.751. The Labute approximate surface area is 160 Å². The number of thiophene rings is 1. The van der Waals surface area contributed by atoms with Crippen molar-refractivity contribution >= 4 is 72.6 Å². The first-order chi connectivity index (χ1) is 11.7. The molecule has 0 saturated carbocycles. The molecule has 0 spiro atoms.